The van der Waals surface area contributed by atoms with Gasteiger partial charge >= 0.3 is 5.97 Å². The average Bonchev–Trinajstić information content (AvgIpc) is 2.17. The summed E-state index contributed by atoms with van der Waals surface area (Å²) in [5.41, 5.74) is 0. The van der Waals surface area contributed by atoms with Crippen molar-refractivity contribution < 1.29 is 14.7 Å². The molecule has 0 heterocycles. The second-order valence-corrected chi connectivity index (χ2v) is 3.21. The van der Waals surface area contributed by atoms with Crippen molar-refractivity contribution in [3.8, 4) is 6.07 Å². The van der Waals surface area contributed by atoms with Gasteiger partial charge in [-0.2, -0.15) is 5.26 Å². The highest BCUT2D eigenvalue weighted by molar-refractivity contribution is 5.76. The molecule has 0 atom stereocenters. The van der Waals surface area contributed by atoms with E-state index < -0.39 is 5.97 Å². The van der Waals surface area contributed by atoms with Crippen molar-refractivity contribution in [3.63, 3.8) is 0 Å². The lowest BCUT2D eigenvalue weighted by atomic mass is 10.2. The molecule has 15 heavy (non-hydrogen) atoms. The molecule has 84 valence electrons. The van der Waals surface area contributed by atoms with Crippen LogP contribution in [0.4, 0.5) is 0 Å². The normalized spacial score (nSPS) is 9.27. The van der Waals surface area contributed by atoms with Gasteiger partial charge in [0.15, 0.2) is 0 Å². The van der Waals surface area contributed by atoms with Crippen molar-refractivity contribution in [1.82, 2.24) is 5.32 Å². The van der Waals surface area contributed by atoms with Crippen LogP contribution in [-0.2, 0) is 9.59 Å². The molecule has 5 heteroatoms. The maximum absolute atomic E-state index is 11.1. The van der Waals surface area contributed by atoms with Crippen LogP contribution in [-0.4, -0.2) is 23.5 Å². The van der Waals surface area contributed by atoms with E-state index >= 15 is 0 Å². The fourth-order valence-corrected chi connectivity index (χ4v) is 1.05. The van der Waals surface area contributed by atoms with E-state index in [2.05, 4.69) is 5.32 Å². The van der Waals surface area contributed by atoms with Crippen molar-refractivity contribution in [2.24, 2.45) is 0 Å². The Hall–Kier alpha value is -1.57. The zero-order chi connectivity index (χ0) is 11.5. The van der Waals surface area contributed by atoms with Crippen molar-refractivity contribution in [2.75, 3.05) is 6.54 Å². The van der Waals surface area contributed by atoms with Crippen molar-refractivity contribution >= 4 is 11.9 Å². The van der Waals surface area contributed by atoms with E-state index in [0.29, 0.717) is 19.4 Å². The first-order valence-electron chi connectivity index (χ1n) is 5.02. The Morgan fingerprint density at radius 3 is 2.53 bits per heavy atom. The summed E-state index contributed by atoms with van der Waals surface area (Å²) in [6.07, 6.45) is 2.74. The summed E-state index contributed by atoms with van der Waals surface area (Å²) in [7, 11) is 0. The Labute approximate surface area is 89.1 Å². The van der Waals surface area contributed by atoms with Gasteiger partial charge in [-0.05, 0) is 19.3 Å². The molecule has 0 spiro atoms. The van der Waals surface area contributed by atoms with Gasteiger partial charge in [0.05, 0.1) is 6.07 Å². The zero-order valence-electron chi connectivity index (χ0n) is 8.66. The topological polar surface area (TPSA) is 90.2 Å². The number of rotatable bonds is 8. The summed E-state index contributed by atoms with van der Waals surface area (Å²) >= 11 is 0. The quantitative estimate of drug-likeness (QED) is 0.588. The standard InChI is InChI=1S/C10H16N2O3/c11-7-2-1-3-8-12-9(13)5-4-6-10(14)15/h1-6,8H2,(H,12,13)(H,14,15). The van der Waals surface area contributed by atoms with Crippen LogP contribution in [0.3, 0.4) is 0 Å². The second-order valence-electron chi connectivity index (χ2n) is 3.21. The average molecular weight is 212 g/mol. The predicted octanol–water partition coefficient (Wildman–Crippen LogP) is 1.05. The molecule has 5 nitrogen and oxygen atoms in total. The molecule has 0 saturated heterocycles. The number of carbonyl (C=O) groups is 2. The van der Waals surface area contributed by atoms with Crippen LogP contribution in [0, 0.1) is 11.3 Å². The van der Waals surface area contributed by atoms with E-state index in [1.54, 1.807) is 0 Å². The smallest absolute Gasteiger partial charge is 0.303 e. The summed E-state index contributed by atoms with van der Waals surface area (Å²) in [6, 6.07) is 2.02. The summed E-state index contributed by atoms with van der Waals surface area (Å²) in [5.74, 6) is -0.995. The number of carboxylic acids is 1. The number of aliphatic carboxylic acids is 1. The van der Waals surface area contributed by atoms with Gasteiger partial charge in [0, 0.05) is 25.8 Å². The summed E-state index contributed by atoms with van der Waals surface area (Å²) in [6.45, 7) is 0.563. The van der Waals surface area contributed by atoms with E-state index in [1.807, 2.05) is 6.07 Å². The number of nitriles is 1. The monoisotopic (exact) mass is 212 g/mol. The minimum Gasteiger partial charge on any atom is -0.481 e. The Balaban J connectivity index is 3.27. The molecule has 0 aliphatic rings. The molecular weight excluding hydrogens is 196 g/mol. The molecule has 0 aliphatic carbocycles. The molecule has 2 N–H and O–H groups in total. The second kappa shape index (κ2) is 9.00. The van der Waals surface area contributed by atoms with Crippen LogP contribution < -0.4 is 5.32 Å². The third kappa shape index (κ3) is 10.4. The van der Waals surface area contributed by atoms with Gasteiger partial charge in [-0.25, -0.2) is 0 Å². The summed E-state index contributed by atoms with van der Waals surface area (Å²) in [5, 5.41) is 19.3. The Kier molecular flexibility index (Phi) is 8.06. The molecule has 0 aromatic carbocycles. The number of hydrogen-bond acceptors (Lipinski definition) is 3. The molecule has 0 saturated carbocycles. The highest BCUT2D eigenvalue weighted by Gasteiger charge is 2.02. The molecule has 0 aromatic rings. The van der Waals surface area contributed by atoms with Crippen LogP contribution in [0.15, 0.2) is 0 Å². The number of nitrogens with one attached hydrogen (secondary N) is 1. The van der Waals surface area contributed by atoms with E-state index in [0.717, 1.165) is 12.8 Å². The van der Waals surface area contributed by atoms with E-state index in [1.165, 1.54) is 0 Å². The Morgan fingerprint density at radius 2 is 1.93 bits per heavy atom. The summed E-state index contributed by atoms with van der Waals surface area (Å²) in [4.78, 5) is 21.2. The van der Waals surface area contributed by atoms with Gasteiger partial charge in [-0.1, -0.05) is 0 Å². The number of unbranched alkanes of at least 4 members (excludes halogenated alkanes) is 2. The van der Waals surface area contributed by atoms with Gasteiger partial charge in [0.1, 0.15) is 0 Å². The van der Waals surface area contributed by atoms with Crippen LogP contribution in [0.1, 0.15) is 38.5 Å². The van der Waals surface area contributed by atoms with E-state index in [4.69, 9.17) is 10.4 Å². The molecule has 0 bridgehead atoms. The van der Waals surface area contributed by atoms with Crippen molar-refractivity contribution in [2.45, 2.75) is 38.5 Å². The van der Waals surface area contributed by atoms with Crippen molar-refractivity contribution in [3.05, 3.63) is 0 Å². The lowest BCUT2D eigenvalue weighted by Crippen LogP contribution is -2.24. The molecule has 0 aromatic heterocycles. The molecule has 0 radical (unpaired) electrons. The van der Waals surface area contributed by atoms with Gasteiger partial charge in [-0.15, -0.1) is 0 Å². The number of carbonyl (C=O) groups excluding carboxylic acids is 1. The number of amides is 1. The first-order chi connectivity index (χ1) is 7.16. The number of hydrogen-bond donors (Lipinski definition) is 2. The predicted molar refractivity (Wildman–Crippen MR) is 54.0 cm³/mol. The fourth-order valence-electron chi connectivity index (χ4n) is 1.05. The maximum atomic E-state index is 11.1. The molecule has 0 rings (SSSR count). The molecule has 1 amide bonds. The number of carboxylic acid groups (broad SMARTS) is 1. The molecular formula is C10H16N2O3. The van der Waals surface area contributed by atoms with Crippen molar-refractivity contribution in [1.29, 1.82) is 5.26 Å². The van der Waals surface area contributed by atoms with Crippen LogP contribution >= 0.6 is 0 Å². The first-order valence-corrected chi connectivity index (χ1v) is 5.02. The molecule has 0 unspecified atom stereocenters. The highest BCUT2D eigenvalue weighted by Crippen LogP contribution is 1.96. The summed E-state index contributed by atoms with van der Waals surface area (Å²) < 4.78 is 0. The van der Waals surface area contributed by atoms with E-state index in [9.17, 15) is 9.59 Å². The van der Waals surface area contributed by atoms with Gasteiger partial charge in [-0.3, -0.25) is 9.59 Å². The third-order valence-electron chi connectivity index (χ3n) is 1.83. The lowest BCUT2D eigenvalue weighted by molar-refractivity contribution is -0.137. The third-order valence-corrected chi connectivity index (χ3v) is 1.83. The van der Waals surface area contributed by atoms with Gasteiger partial charge < -0.3 is 10.4 Å². The number of nitrogens with zero attached hydrogens (tertiary/aromatic N) is 1. The molecule has 0 aliphatic heterocycles. The minimum absolute atomic E-state index is 0.0296. The van der Waals surface area contributed by atoms with Crippen LogP contribution in [0.5, 0.6) is 0 Å². The lowest BCUT2D eigenvalue weighted by Gasteiger charge is -2.02. The van der Waals surface area contributed by atoms with E-state index in [-0.39, 0.29) is 18.7 Å². The first kappa shape index (κ1) is 13.4. The highest BCUT2D eigenvalue weighted by atomic mass is 16.4. The van der Waals surface area contributed by atoms with Crippen LogP contribution in [0.25, 0.3) is 0 Å². The fraction of sp³-hybridized carbons (Fsp3) is 0.700. The zero-order valence-corrected chi connectivity index (χ0v) is 8.66. The Morgan fingerprint density at radius 1 is 1.20 bits per heavy atom. The maximum Gasteiger partial charge on any atom is 0.303 e. The van der Waals surface area contributed by atoms with Gasteiger partial charge in [0.2, 0.25) is 5.91 Å². The largest absolute Gasteiger partial charge is 0.481 e. The Bertz CT molecular complexity index is 246. The van der Waals surface area contributed by atoms with Crippen LogP contribution in [0.2, 0.25) is 0 Å². The minimum atomic E-state index is -0.878. The molecule has 0 fully saturated rings. The SMILES string of the molecule is N#CCCCCNC(=O)CCCC(=O)O. The van der Waals surface area contributed by atoms with Gasteiger partial charge in [0.25, 0.3) is 0 Å².